The molecule has 19 heavy (non-hydrogen) atoms. The zero-order chi connectivity index (χ0) is 13.9. The molecule has 1 saturated heterocycles. The van der Waals surface area contributed by atoms with E-state index in [1.54, 1.807) is 6.07 Å². The Hall–Kier alpha value is -0.490. The van der Waals surface area contributed by atoms with E-state index in [4.69, 9.17) is 4.74 Å². The molecule has 2 rings (SSSR count). The van der Waals surface area contributed by atoms with Crippen LogP contribution in [0.25, 0.3) is 0 Å². The van der Waals surface area contributed by atoms with Crippen molar-refractivity contribution in [2.45, 2.75) is 31.4 Å². The summed E-state index contributed by atoms with van der Waals surface area (Å²) in [7, 11) is 0. The van der Waals surface area contributed by atoms with Crippen LogP contribution in [-0.2, 0) is 4.74 Å². The van der Waals surface area contributed by atoms with Crippen LogP contribution in [0.1, 0.15) is 31.4 Å². The van der Waals surface area contributed by atoms with Gasteiger partial charge >= 0.3 is 0 Å². The standard InChI is InChI=1S/C14H19BrFNO2/c1-10(12-3-2-11(16)8-13(12)15)17-9-14(18)4-6-19-7-5-14/h2-3,8,10,17-18H,4-7,9H2,1H3. The highest BCUT2D eigenvalue weighted by atomic mass is 79.9. The third-order valence-corrected chi connectivity index (χ3v) is 4.28. The number of hydrogen-bond acceptors (Lipinski definition) is 3. The minimum Gasteiger partial charge on any atom is -0.388 e. The molecule has 0 amide bonds. The lowest BCUT2D eigenvalue weighted by Crippen LogP contribution is -2.45. The number of halogens is 2. The van der Waals surface area contributed by atoms with Crippen molar-refractivity contribution in [3.8, 4) is 0 Å². The first-order valence-corrected chi connectivity index (χ1v) is 7.28. The topological polar surface area (TPSA) is 41.5 Å². The van der Waals surface area contributed by atoms with Gasteiger partial charge in [0.15, 0.2) is 0 Å². The molecule has 0 radical (unpaired) electrons. The second-order valence-corrected chi connectivity index (χ2v) is 5.96. The van der Waals surface area contributed by atoms with Crippen LogP contribution < -0.4 is 5.32 Å². The highest BCUT2D eigenvalue weighted by Crippen LogP contribution is 2.26. The maximum Gasteiger partial charge on any atom is 0.124 e. The number of rotatable bonds is 4. The largest absolute Gasteiger partial charge is 0.388 e. The Bertz CT molecular complexity index is 435. The molecule has 0 spiro atoms. The van der Waals surface area contributed by atoms with E-state index in [1.165, 1.54) is 12.1 Å². The summed E-state index contributed by atoms with van der Waals surface area (Å²) in [6.45, 7) is 3.72. The molecule has 1 aliphatic heterocycles. The molecular weight excluding hydrogens is 313 g/mol. The van der Waals surface area contributed by atoms with Crippen LogP contribution in [0.3, 0.4) is 0 Å². The van der Waals surface area contributed by atoms with E-state index in [2.05, 4.69) is 21.2 Å². The van der Waals surface area contributed by atoms with Gasteiger partial charge in [0, 0.05) is 43.1 Å². The molecule has 1 atom stereocenters. The Morgan fingerprint density at radius 3 is 2.79 bits per heavy atom. The smallest absolute Gasteiger partial charge is 0.124 e. The monoisotopic (exact) mass is 331 g/mol. The normalized spacial score (nSPS) is 20.2. The zero-order valence-corrected chi connectivity index (χ0v) is 12.5. The van der Waals surface area contributed by atoms with E-state index < -0.39 is 5.60 Å². The number of nitrogens with one attached hydrogen (secondary N) is 1. The van der Waals surface area contributed by atoms with Crippen molar-refractivity contribution >= 4 is 15.9 Å². The summed E-state index contributed by atoms with van der Waals surface area (Å²) in [5.74, 6) is -0.258. The van der Waals surface area contributed by atoms with Crippen LogP contribution in [0.2, 0.25) is 0 Å². The predicted octanol–water partition coefficient (Wildman–Crippen LogP) is 2.78. The summed E-state index contributed by atoms with van der Waals surface area (Å²) in [6, 6.07) is 4.70. The van der Waals surface area contributed by atoms with Crippen LogP contribution in [0.5, 0.6) is 0 Å². The van der Waals surface area contributed by atoms with Gasteiger partial charge in [0.25, 0.3) is 0 Å². The average molecular weight is 332 g/mol. The average Bonchev–Trinajstić information content (AvgIpc) is 2.37. The number of ether oxygens (including phenoxy) is 1. The lowest BCUT2D eigenvalue weighted by atomic mass is 9.94. The Labute approximate surface area is 121 Å². The Morgan fingerprint density at radius 1 is 1.47 bits per heavy atom. The zero-order valence-electron chi connectivity index (χ0n) is 11.0. The molecular formula is C14H19BrFNO2. The molecule has 1 aliphatic rings. The van der Waals surface area contributed by atoms with Gasteiger partial charge in [0.05, 0.1) is 5.60 Å². The first-order valence-electron chi connectivity index (χ1n) is 6.49. The molecule has 0 bridgehead atoms. The lowest BCUT2D eigenvalue weighted by molar-refractivity contribution is -0.0626. The SMILES string of the molecule is CC(NCC1(O)CCOCC1)c1ccc(F)cc1Br. The third kappa shape index (κ3) is 3.99. The van der Waals surface area contributed by atoms with Crippen LogP contribution in [-0.4, -0.2) is 30.5 Å². The fourth-order valence-corrected chi connectivity index (χ4v) is 2.93. The van der Waals surface area contributed by atoms with E-state index in [0.717, 1.165) is 10.0 Å². The quantitative estimate of drug-likeness (QED) is 0.891. The van der Waals surface area contributed by atoms with E-state index in [9.17, 15) is 9.50 Å². The van der Waals surface area contributed by atoms with E-state index in [0.29, 0.717) is 32.6 Å². The van der Waals surface area contributed by atoms with Gasteiger partial charge in [-0.25, -0.2) is 4.39 Å². The third-order valence-electron chi connectivity index (χ3n) is 3.59. The summed E-state index contributed by atoms with van der Waals surface area (Å²) in [5.41, 5.74) is 0.288. The van der Waals surface area contributed by atoms with E-state index >= 15 is 0 Å². The fraction of sp³-hybridized carbons (Fsp3) is 0.571. The number of hydrogen-bond donors (Lipinski definition) is 2. The van der Waals surface area contributed by atoms with Gasteiger partial charge in [-0.3, -0.25) is 0 Å². The molecule has 1 fully saturated rings. The van der Waals surface area contributed by atoms with Gasteiger partial charge in [-0.2, -0.15) is 0 Å². The first kappa shape index (κ1) is 14.9. The summed E-state index contributed by atoms with van der Waals surface area (Å²) in [4.78, 5) is 0. The van der Waals surface area contributed by atoms with Gasteiger partial charge < -0.3 is 15.2 Å². The first-order chi connectivity index (χ1) is 9.00. The maximum absolute atomic E-state index is 13.0. The fourth-order valence-electron chi connectivity index (χ4n) is 2.23. The molecule has 1 heterocycles. The highest BCUT2D eigenvalue weighted by Gasteiger charge is 2.30. The van der Waals surface area contributed by atoms with Crippen LogP contribution >= 0.6 is 15.9 Å². The van der Waals surface area contributed by atoms with Gasteiger partial charge in [0.2, 0.25) is 0 Å². The summed E-state index contributed by atoms with van der Waals surface area (Å²) in [5, 5.41) is 13.7. The molecule has 3 nitrogen and oxygen atoms in total. The minimum atomic E-state index is -0.695. The van der Waals surface area contributed by atoms with Crippen LogP contribution in [0, 0.1) is 5.82 Å². The molecule has 106 valence electrons. The molecule has 5 heteroatoms. The van der Waals surface area contributed by atoms with E-state index in [-0.39, 0.29) is 11.9 Å². The van der Waals surface area contributed by atoms with E-state index in [1.807, 2.05) is 6.92 Å². The van der Waals surface area contributed by atoms with Crippen molar-refractivity contribution in [3.05, 3.63) is 34.1 Å². The Balaban J connectivity index is 1.95. The highest BCUT2D eigenvalue weighted by molar-refractivity contribution is 9.10. The van der Waals surface area contributed by atoms with Crippen molar-refractivity contribution in [2.75, 3.05) is 19.8 Å². The molecule has 1 unspecified atom stereocenters. The molecule has 0 aliphatic carbocycles. The van der Waals surface area contributed by atoms with Gasteiger partial charge in [-0.05, 0) is 24.6 Å². The molecule has 0 aromatic heterocycles. The molecule has 0 saturated carbocycles. The second-order valence-electron chi connectivity index (χ2n) is 5.11. The van der Waals surface area contributed by atoms with Gasteiger partial charge in [-0.1, -0.05) is 22.0 Å². The van der Waals surface area contributed by atoms with Crippen molar-refractivity contribution in [3.63, 3.8) is 0 Å². The molecule has 2 N–H and O–H groups in total. The Kier molecular flexibility index (Phi) is 4.95. The van der Waals surface area contributed by atoms with Crippen molar-refractivity contribution in [1.29, 1.82) is 0 Å². The number of aliphatic hydroxyl groups is 1. The lowest BCUT2D eigenvalue weighted by Gasteiger charge is -2.33. The summed E-state index contributed by atoms with van der Waals surface area (Å²) in [6.07, 6.45) is 1.30. The van der Waals surface area contributed by atoms with Gasteiger partial charge in [0.1, 0.15) is 5.82 Å². The molecule has 1 aromatic carbocycles. The Morgan fingerprint density at radius 2 is 2.16 bits per heavy atom. The van der Waals surface area contributed by atoms with Crippen molar-refractivity contribution in [1.82, 2.24) is 5.32 Å². The van der Waals surface area contributed by atoms with Crippen LogP contribution in [0.4, 0.5) is 4.39 Å². The summed E-state index contributed by atoms with van der Waals surface area (Å²) < 4.78 is 19.0. The molecule has 1 aromatic rings. The maximum atomic E-state index is 13.0. The number of benzene rings is 1. The van der Waals surface area contributed by atoms with Crippen molar-refractivity contribution in [2.24, 2.45) is 0 Å². The predicted molar refractivity (Wildman–Crippen MR) is 75.5 cm³/mol. The second kappa shape index (κ2) is 6.31. The van der Waals surface area contributed by atoms with Gasteiger partial charge in [-0.15, -0.1) is 0 Å². The summed E-state index contributed by atoms with van der Waals surface area (Å²) >= 11 is 3.36. The minimum absolute atomic E-state index is 0.0434. The van der Waals surface area contributed by atoms with Crippen LogP contribution in [0.15, 0.2) is 22.7 Å². The van der Waals surface area contributed by atoms with Crippen molar-refractivity contribution < 1.29 is 14.2 Å².